The average Bonchev–Trinajstić information content (AvgIpc) is 2.02. The fraction of sp³-hybridized carbons (Fsp3) is 0.900. The van der Waals surface area contributed by atoms with Crippen molar-refractivity contribution in [2.24, 2.45) is 28.9 Å². The van der Waals surface area contributed by atoms with Crippen molar-refractivity contribution < 1.29 is 9.90 Å². The van der Waals surface area contributed by atoms with Crippen LogP contribution in [0.4, 0.5) is 0 Å². The molecular formula is C10H17NO2. The van der Waals surface area contributed by atoms with Gasteiger partial charge < -0.3 is 10.8 Å². The third-order valence-corrected chi connectivity index (χ3v) is 4.33. The Bertz CT molecular complexity index is 249. The fourth-order valence-corrected chi connectivity index (χ4v) is 3.12. The zero-order chi connectivity index (χ0) is 9.80. The quantitative estimate of drug-likeness (QED) is 0.639. The van der Waals surface area contributed by atoms with Crippen LogP contribution in [0.25, 0.3) is 0 Å². The van der Waals surface area contributed by atoms with Gasteiger partial charge in [0.15, 0.2) is 0 Å². The molecule has 74 valence electrons. The van der Waals surface area contributed by atoms with Crippen LogP contribution in [0.3, 0.4) is 0 Å². The Morgan fingerprint density at radius 1 is 1.46 bits per heavy atom. The molecule has 0 amide bonds. The number of hydrogen-bond acceptors (Lipinski definition) is 2. The summed E-state index contributed by atoms with van der Waals surface area (Å²) >= 11 is 0. The van der Waals surface area contributed by atoms with Crippen LogP contribution in [0.15, 0.2) is 0 Å². The lowest BCUT2D eigenvalue weighted by Crippen LogP contribution is -2.62. The van der Waals surface area contributed by atoms with Crippen LogP contribution in [0.2, 0.25) is 0 Å². The zero-order valence-electron chi connectivity index (χ0n) is 8.16. The highest BCUT2D eigenvalue weighted by Gasteiger charge is 2.58. The molecule has 3 fully saturated rings. The molecule has 3 saturated carbocycles. The first kappa shape index (κ1) is 9.00. The summed E-state index contributed by atoms with van der Waals surface area (Å²) in [5.41, 5.74) is 6.24. The maximum absolute atomic E-state index is 10.9. The van der Waals surface area contributed by atoms with Crippen molar-refractivity contribution in [3.8, 4) is 0 Å². The van der Waals surface area contributed by atoms with E-state index in [9.17, 15) is 4.79 Å². The number of fused-ring (bicyclic) bond motifs is 2. The van der Waals surface area contributed by atoms with Crippen LogP contribution in [-0.4, -0.2) is 17.1 Å². The van der Waals surface area contributed by atoms with Crippen molar-refractivity contribution in [3.05, 3.63) is 0 Å². The number of carboxylic acids is 1. The molecule has 0 heterocycles. The Hall–Kier alpha value is -0.570. The molecule has 3 N–H and O–H groups in total. The second-order valence-electron chi connectivity index (χ2n) is 5.12. The highest BCUT2D eigenvalue weighted by atomic mass is 16.4. The summed E-state index contributed by atoms with van der Waals surface area (Å²) in [5.74, 6) is 0.000208. The second-order valence-corrected chi connectivity index (χ2v) is 5.12. The second kappa shape index (κ2) is 2.47. The molecule has 1 unspecified atom stereocenters. The van der Waals surface area contributed by atoms with Gasteiger partial charge in [0.1, 0.15) is 0 Å². The fourth-order valence-electron chi connectivity index (χ4n) is 3.12. The Balaban J connectivity index is 2.16. The molecule has 3 aliphatic carbocycles. The normalized spacial score (nSPS) is 46.7. The van der Waals surface area contributed by atoms with E-state index in [2.05, 4.69) is 13.8 Å². The summed E-state index contributed by atoms with van der Waals surface area (Å²) in [4.78, 5) is 10.9. The molecule has 3 aliphatic rings. The number of nitrogens with two attached hydrogens (primary N) is 1. The Morgan fingerprint density at radius 2 is 2.08 bits per heavy atom. The third kappa shape index (κ3) is 1.03. The first-order valence-corrected chi connectivity index (χ1v) is 4.93. The van der Waals surface area contributed by atoms with Gasteiger partial charge in [0.25, 0.3) is 0 Å². The van der Waals surface area contributed by atoms with Gasteiger partial charge in [-0.15, -0.1) is 0 Å². The largest absolute Gasteiger partial charge is 0.481 e. The molecule has 0 aliphatic heterocycles. The van der Waals surface area contributed by atoms with Gasteiger partial charge in [-0.2, -0.15) is 0 Å². The molecule has 3 heteroatoms. The molecular weight excluding hydrogens is 166 g/mol. The first-order chi connectivity index (χ1) is 5.94. The van der Waals surface area contributed by atoms with Crippen LogP contribution in [0.5, 0.6) is 0 Å². The maximum Gasteiger partial charge on any atom is 0.308 e. The Labute approximate surface area is 78.3 Å². The topological polar surface area (TPSA) is 63.3 Å². The van der Waals surface area contributed by atoms with E-state index < -0.39 is 5.97 Å². The van der Waals surface area contributed by atoms with Gasteiger partial charge in [-0.25, -0.2) is 0 Å². The van der Waals surface area contributed by atoms with Crippen LogP contribution in [-0.2, 0) is 4.79 Å². The molecule has 0 radical (unpaired) electrons. The van der Waals surface area contributed by atoms with E-state index in [0.717, 1.165) is 12.8 Å². The van der Waals surface area contributed by atoms with E-state index in [-0.39, 0.29) is 17.4 Å². The van der Waals surface area contributed by atoms with Gasteiger partial charge in [0.2, 0.25) is 0 Å². The standard InChI is InChI=1S/C10H17NO2/c1-10(2)5-3-6(9(12)13)8(11)7(10)4-5/h5-8H,3-4,11H2,1-2H3,(H,12,13)/t5-,6?,7-,8-/m0/s1. The minimum absolute atomic E-state index is 0.127. The lowest BCUT2D eigenvalue weighted by atomic mass is 9.45. The van der Waals surface area contributed by atoms with Gasteiger partial charge >= 0.3 is 5.97 Å². The lowest BCUT2D eigenvalue weighted by molar-refractivity contribution is -0.159. The van der Waals surface area contributed by atoms with Crippen molar-refractivity contribution in [3.63, 3.8) is 0 Å². The number of aliphatic carboxylic acids is 1. The summed E-state index contributed by atoms with van der Waals surface area (Å²) in [5, 5.41) is 8.94. The summed E-state index contributed by atoms with van der Waals surface area (Å²) in [6, 6.07) is -0.127. The molecule has 0 spiro atoms. The minimum atomic E-state index is -0.710. The average molecular weight is 183 g/mol. The molecule has 3 nitrogen and oxygen atoms in total. The van der Waals surface area contributed by atoms with Crippen LogP contribution in [0.1, 0.15) is 26.7 Å². The van der Waals surface area contributed by atoms with E-state index >= 15 is 0 Å². The minimum Gasteiger partial charge on any atom is -0.481 e. The van der Waals surface area contributed by atoms with Crippen molar-refractivity contribution in [2.45, 2.75) is 32.7 Å². The summed E-state index contributed by atoms with van der Waals surface area (Å²) in [6.45, 7) is 4.42. The number of rotatable bonds is 1. The highest BCUT2D eigenvalue weighted by molar-refractivity contribution is 5.71. The molecule has 2 bridgehead atoms. The van der Waals surface area contributed by atoms with Crippen LogP contribution < -0.4 is 5.73 Å². The van der Waals surface area contributed by atoms with E-state index in [0.29, 0.717) is 11.8 Å². The SMILES string of the molecule is CC1(C)[C@H]2CC(C(=O)O)[C@H](N)[C@@H]1C2. The van der Waals surface area contributed by atoms with Crippen LogP contribution >= 0.6 is 0 Å². The predicted molar refractivity (Wildman–Crippen MR) is 49.1 cm³/mol. The first-order valence-electron chi connectivity index (χ1n) is 4.93. The van der Waals surface area contributed by atoms with Gasteiger partial charge in [-0.05, 0) is 30.1 Å². The molecule has 0 saturated heterocycles. The van der Waals surface area contributed by atoms with E-state index in [1.165, 1.54) is 0 Å². The highest BCUT2D eigenvalue weighted by Crippen LogP contribution is 2.60. The number of carboxylic acid groups (broad SMARTS) is 1. The van der Waals surface area contributed by atoms with Crippen LogP contribution in [0, 0.1) is 23.2 Å². The molecule has 4 atom stereocenters. The molecule has 0 aromatic rings. The molecule has 13 heavy (non-hydrogen) atoms. The Morgan fingerprint density at radius 3 is 2.46 bits per heavy atom. The van der Waals surface area contributed by atoms with Gasteiger partial charge in [0, 0.05) is 6.04 Å². The Kier molecular flexibility index (Phi) is 1.71. The zero-order valence-corrected chi connectivity index (χ0v) is 8.16. The molecule has 0 aromatic heterocycles. The molecule has 3 rings (SSSR count). The smallest absolute Gasteiger partial charge is 0.308 e. The van der Waals surface area contributed by atoms with E-state index in [4.69, 9.17) is 10.8 Å². The summed E-state index contributed by atoms with van der Waals surface area (Å²) in [7, 11) is 0. The third-order valence-electron chi connectivity index (χ3n) is 4.33. The van der Waals surface area contributed by atoms with Gasteiger partial charge in [-0.1, -0.05) is 13.8 Å². The summed E-state index contributed by atoms with van der Waals surface area (Å²) < 4.78 is 0. The van der Waals surface area contributed by atoms with Crippen molar-refractivity contribution >= 4 is 5.97 Å². The summed E-state index contributed by atoms with van der Waals surface area (Å²) in [6.07, 6.45) is 1.91. The monoisotopic (exact) mass is 183 g/mol. The van der Waals surface area contributed by atoms with Gasteiger partial charge in [0.05, 0.1) is 5.92 Å². The van der Waals surface area contributed by atoms with Crippen molar-refractivity contribution in [1.29, 1.82) is 0 Å². The predicted octanol–water partition coefficient (Wildman–Crippen LogP) is 1.08. The van der Waals surface area contributed by atoms with E-state index in [1.807, 2.05) is 0 Å². The van der Waals surface area contributed by atoms with Crippen molar-refractivity contribution in [2.75, 3.05) is 0 Å². The number of carbonyl (C=O) groups is 1. The maximum atomic E-state index is 10.9. The van der Waals surface area contributed by atoms with E-state index in [1.54, 1.807) is 0 Å². The van der Waals surface area contributed by atoms with Crippen molar-refractivity contribution in [1.82, 2.24) is 0 Å². The van der Waals surface area contributed by atoms with Gasteiger partial charge in [-0.3, -0.25) is 4.79 Å². The number of hydrogen-bond donors (Lipinski definition) is 2. The lowest BCUT2D eigenvalue weighted by Gasteiger charge is -2.60. The molecule has 0 aromatic carbocycles.